The lowest BCUT2D eigenvalue weighted by Crippen LogP contribution is -2.10. The van der Waals surface area contributed by atoms with E-state index in [-0.39, 0.29) is 27.5 Å². The SMILES string of the molecule is COC(=O)c1[nH]c2ccc(OCc3c(Cl)cccc3Cl)cc2c1S(=O)(=O)c1ccc(Oc2ccccc2)cc1. The molecule has 1 heterocycles. The molecular weight excluding hydrogens is 561 g/mol. The number of para-hydroxylation sites is 1. The maximum absolute atomic E-state index is 13.9. The average Bonchev–Trinajstić information content (AvgIpc) is 3.33. The quantitative estimate of drug-likeness (QED) is 0.191. The molecule has 10 heteroatoms. The third kappa shape index (κ3) is 5.45. The van der Waals surface area contributed by atoms with Crippen molar-refractivity contribution in [2.45, 2.75) is 16.4 Å². The molecule has 0 saturated heterocycles. The molecule has 0 atom stereocenters. The first-order chi connectivity index (χ1) is 18.8. The molecule has 1 aromatic heterocycles. The molecule has 0 aliphatic carbocycles. The van der Waals surface area contributed by atoms with Crippen LogP contribution in [0, 0.1) is 0 Å². The summed E-state index contributed by atoms with van der Waals surface area (Å²) in [7, 11) is -3.00. The zero-order valence-electron chi connectivity index (χ0n) is 20.5. The van der Waals surface area contributed by atoms with E-state index in [9.17, 15) is 13.2 Å². The number of halogens is 2. The largest absolute Gasteiger partial charge is 0.489 e. The van der Waals surface area contributed by atoms with Crippen molar-refractivity contribution in [2.24, 2.45) is 0 Å². The fraction of sp³-hybridized carbons (Fsp3) is 0.0690. The van der Waals surface area contributed by atoms with Crippen molar-refractivity contribution >= 4 is 49.9 Å². The summed E-state index contributed by atoms with van der Waals surface area (Å²) >= 11 is 12.5. The Morgan fingerprint density at radius 1 is 0.821 bits per heavy atom. The molecule has 0 amide bonds. The minimum atomic E-state index is -4.18. The molecule has 0 saturated carbocycles. The van der Waals surface area contributed by atoms with Gasteiger partial charge in [0.1, 0.15) is 34.4 Å². The van der Waals surface area contributed by atoms with Crippen molar-refractivity contribution in [3.63, 3.8) is 0 Å². The van der Waals surface area contributed by atoms with Crippen molar-refractivity contribution in [1.82, 2.24) is 4.98 Å². The van der Waals surface area contributed by atoms with Crippen LogP contribution in [0.15, 0.2) is 101 Å². The maximum atomic E-state index is 13.9. The lowest BCUT2D eigenvalue weighted by molar-refractivity contribution is 0.0590. The third-order valence-corrected chi connectivity index (χ3v) is 8.50. The molecule has 7 nitrogen and oxygen atoms in total. The van der Waals surface area contributed by atoms with Crippen molar-refractivity contribution in [1.29, 1.82) is 0 Å². The summed E-state index contributed by atoms with van der Waals surface area (Å²) in [6, 6.07) is 25.0. The smallest absolute Gasteiger partial charge is 0.355 e. The summed E-state index contributed by atoms with van der Waals surface area (Å²) in [6.07, 6.45) is 0. The fourth-order valence-corrected chi connectivity index (χ4v) is 6.11. The van der Waals surface area contributed by atoms with Gasteiger partial charge in [0.05, 0.1) is 12.0 Å². The number of benzene rings is 4. The van der Waals surface area contributed by atoms with E-state index < -0.39 is 15.8 Å². The number of esters is 1. The number of carbonyl (C=O) groups excluding carboxylic acids is 1. The van der Waals surface area contributed by atoms with Gasteiger partial charge < -0.3 is 19.2 Å². The van der Waals surface area contributed by atoms with Gasteiger partial charge in [-0.1, -0.05) is 47.5 Å². The van der Waals surface area contributed by atoms with Gasteiger partial charge in [-0.3, -0.25) is 0 Å². The fourth-order valence-electron chi connectivity index (χ4n) is 4.02. The second-order valence-corrected chi connectivity index (χ2v) is 11.1. The van der Waals surface area contributed by atoms with Crippen LogP contribution in [0.3, 0.4) is 0 Å². The molecule has 0 spiro atoms. The lowest BCUT2D eigenvalue weighted by atomic mass is 10.2. The highest BCUT2D eigenvalue weighted by molar-refractivity contribution is 7.91. The Bertz CT molecular complexity index is 1750. The summed E-state index contributed by atoms with van der Waals surface area (Å²) in [5, 5.41) is 1.16. The summed E-state index contributed by atoms with van der Waals surface area (Å²) < 4.78 is 44.2. The van der Waals surface area contributed by atoms with Crippen molar-refractivity contribution in [3.05, 3.63) is 112 Å². The zero-order valence-corrected chi connectivity index (χ0v) is 22.8. The number of rotatable bonds is 8. The normalized spacial score (nSPS) is 11.4. The highest BCUT2D eigenvalue weighted by Gasteiger charge is 2.30. The van der Waals surface area contributed by atoms with Gasteiger partial charge >= 0.3 is 5.97 Å². The minimum absolute atomic E-state index is 0.0249. The number of H-pyrrole nitrogens is 1. The molecule has 39 heavy (non-hydrogen) atoms. The summed E-state index contributed by atoms with van der Waals surface area (Å²) in [6.45, 7) is 0.0588. The number of hydrogen-bond donors (Lipinski definition) is 1. The van der Waals surface area contributed by atoms with Crippen LogP contribution >= 0.6 is 23.2 Å². The second-order valence-electron chi connectivity index (χ2n) is 8.41. The topological polar surface area (TPSA) is 94.7 Å². The van der Waals surface area contributed by atoms with Crippen LogP contribution in [-0.4, -0.2) is 26.5 Å². The molecule has 5 rings (SSSR count). The highest BCUT2D eigenvalue weighted by Crippen LogP contribution is 2.36. The molecular formula is C29H21Cl2NO6S. The van der Waals surface area contributed by atoms with Crippen molar-refractivity contribution in [3.8, 4) is 17.2 Å². The van der Waals surface area contributed by atoms with Gasteiger partial charge in [-0.2, -0.15) is 0 Å². The van der Waals surface area contributed by atoms with E-state index in [0.29, 0.717) is 38.4 Å². The molecule has 0 fully saturated rings. The van der Waals surface area contributed by atoms with Gasteiger partial charge in [-0.15, -0.1) is 0 Å². The summed E-state index contributed by atoms with van der Waals surface area (Å²) in [5.41, 5.74) is 0.820. The Kier molecular flexibility index (Phi) is 7.52. The number of aromatic nitrogens is 1. The second kappa shape index (κ2) is 11.0. The van der Waals surface area contributed by atoms with Gasteiger partial charge in [0.15, 0.2) is 0 Å². The van der Waals surface area contributed by atoms with Crippen LogP contribution in [-0.2, 0) is 21.2 Å². The number of fused-ring (bicyclic) bond motifs is 1. The van der Waals surface area contributed by atoms with Crippen LogP contribution in [0.5, 0.6) is 17.2 Å². The molecule has 0 radical (unpaired) electrons. The molecule has 4 aromatic carbocycles. The number of nitrogens with one attached hydrogen (secondary N) is 1. The van der Waals surface area contributed by atoms with E-state index in [2.05, 4.69) is 4.98 Å². The first-order valence-electron chi connectivity index (χ1n) is 11.7. The third-order valence-electron chi connectivity index (χ3n) is 5.94. The van der Waals surface area contributed by atoms with Crippen LogP contribution in [0.1, 0.15) is 16.1 Å². The predicted octanol–water partition coefficient (Wildman–Crippen LogP) is 7.47. The Balaban J connectivity index is 1.52. The van der Waals surface area contributed by atoms with Crippen molar-refractivity contribution < 1.29 is 27.4 Å². The predicted molar refractivity (Wildman–Crippen MR) is 149 cm³/mol. The number of ether oxygens (including phenoxy) is 3. The van der Waals surface area contributed by atoms with Crippen molar-refractivity contribution in [2.75, 3.05) is 7.11 Å². The molecule has 1 N–H and O–H groups in total. The molecule has 198 valence electrons. The average molecular weight is 582 g/mol. The van der Waals surface area contributed by atoms with Gasteiger partial charge in [0.2, 0.25) is 9.84 Å². The van der Waals surface area contributed by atoms with Gasteiger partial charge in [-0.05, 0) is 66.7 Å². The maximum Gasteiger partial charge on any atom is 0.355 e. The van der Waals surface area contributed by atoms with Gasteiger partial charge in [0.25, 0.3) is 0 Å². The molecule has 5 aromatic rings. The lowest BCUT2D eigenvalue weighted by Gasteiger charge is -2.11. The monoisotopic (exact) mass is 581 g/mol. The number of hydrogen-bond acceptors (Lipinski definition) is 6. The number of carbonyl (C=O) groups is 1. The zero-order chi connectivity index (χ0) is 27.6. The molecule has 0 bridgehead atoms. The van der Waals surface area contributed by atoms with Gasteiger partial charge in [-0.25, -0.2) is 13.2 Å². The molecule has 0 aliphatic rings. The van der Waals surface area contributed by atoms with E-state index in [1.54, 1.807) is 60.7 Å². The van der Waals surface area contributed by atoms with E-state index in [1.165, 1.54) is 19.2 Å². The number of sulfone groups is 1. The van der Waals surface area contributed by atoms with Crippen LogP contribution < -0.4 is 9.47 Å². The molecule has 0 unspecified atom stereocenters. The van der Waals surface area contributed by atoms with E-state index in [4.69, 9.17) is 37.4 Å². The van der Waals surface area contributed by atoms with Gasteiger partial charge in [0, 0.05) is 26.5 Å². The minimum Gasteiger partial charge on any atom is -0.489 e. The summed E-state index contributed by atoms with van der Waals surface area (Å²) in [5.74, 6) is 0.612. The Hall–Kier alpha value is -3.98. The van der Waals surface area contributed by atoms with Crippen LogP contribution in [0.2, 0.25) is 10.0 Å². The van der Waals surface area contributed by atoms with E-state index in [0.717, 1.165) is 0 Å². The number of methoxy groups -OCH3 is 1. The van der Waals surface area contributed by atoms with Crippen LogP contribution in [0.25, 0.3) is 10.9 Å². The highest BCUT2D eigenvalue weighted by atomic mass is 35.5. The Labute approximate surface area is 234 Å². The Morgan fingerprint density at radius 2 is 1.46 bits per heavy atom. The van der Waals surface area contributed by atoms with E-state index >= 15 is 0 Å². The number of aromatic amines is 1. The summed E-state index contributed by atoms with van der Waals surface area (Å²) in [4.78, 5) is 15.2. The first kappa shape index (κ1) is 26.6. The molecule has 0 aliphatic heterocycles. The Morgan fingerprint density at radius 3 is 2.13 bits per heavy atom. The standard InChI is InChI=1S/C29H21Cl2NO6S/c1-36-29(33)27-28(39(34,35)21-13-10-19(11-14-21)38-18-6-3-2-4-7-18)22-16-20(12-15-26(22)32-27)37-17-23-24(30)8-5-9-25(23)31/h2-16,32H,17H2,1H3. The van der Waals surface area contributed by atoms with Crippen LogP contribution in [0.4, 0.5) is 0 Å². The van der Waals surface area contributed by atoms with E-state index in [1.807, 2.05) is 18.2 Å². The first-order valence-corrected chi connectivity index (χ1v) is 13.9.